The minimum Gasteiger partial charge on any atom is -0.463 e. The summed E-state index contributed by atoms with van der Waals surface area (Å²) in [6, 6.07) is 0. The van der Waals surface area contributed by atoms with E-state index in [1.165, 1.54) is 0 Å². The predicted octanol–water partition coefficient (Wildman–Crippen LogP) is 1.33. The highest BCUT2D eigenvalue weighted by molar-refractivity contribution is 5.84. The zero-order chi connectivity index (χ0) is 17.3. The number of nitrogens with zero attached hydrogens (tertiary/aromatic N) is 4. The molecule has 130 valence electrons. The minimum absolute atomic E-state index is 0.138. The van der Waals surface area contributed by atoms with E-state index in [0.29, 0.717) is 23.4 Å². The summed E-state index contributed by atoms with van der Waals surface area (Å²) < 4.78 is 13.1. The maximum atomic E-state index is 11.3. The van der Waals surface area contributed by atoms with Crippen molar-refractivity contribution < 1.29 is 14.3 Å². The van der Waals surface area contributed by atoms with Crippen LogP contribution in [0, 0.1) is 5.92 Å². The van der Waals surface area contributed by atoms with E-state index in [-0.39, 0.29) is 36.8 Å². The third-order valence-corrected chi connectivity index (χ3v) is 4.12. The summed E-state index contributed by atoms with van der Waals surface area (Å²) in [4.78, 5) is 24.1. The van der Waals surface area contributed by atoms with Crippen LogP contribution in [0.3, 0.4) is 0 Å². The maximum absolute atomic E-state index is 11.3. The van der Waals surface area contributed by atoms with Crippen LogP contribution in [0.4, 0.5) is 11.8 Å². The van der Waals surface area contributed by atoms with Crippen LogP contribution in [0.1, 0.15) is 32.9 Å². The number of aromatic nitrogens is 4. The van der Waals surface area contributed by atoms with Crippen LogP contribution < -0.4 is 11.1 Å². The molecule has 1 aliphatic heterocycles. The smallest absolute Gasteiger partial charge is 0.305 e. The summed E-state index contributed by atoms with van der Waals surface area (Å²) in [7, 11) is 1.76. The van der Waals surface area contributed by atoms with Gasteiger partial charge in [-0.2, -0.15) is 9.97 Å². The minimum atomic E-state index is -0.237. The molecular formula is C15H22N6O3. The summed E-state index contributed by atoms with van der Waals surface area (Å²) in [6.45, 7) is 4.12. The molecule has 9 heteroatoms. The molecule has 1 saturated heterocycles. The number of rotatable bonds is 5. The second-order valence-corrected chi connectivity index (χ2v) is 5.90. The average Bonchev–Trinajstić information content (AvgIpc) is 3.14. The van der Waals surface area contributed by atoms with Crippen molar-refractivity contribution in [3.05, 3.63) is 6.33 Å². The Balaban J connectivity index is 1.83. The van der Waals surface area contributed by atoms with E-state index in [1.807, 2.05) is 4.57 Å². The number of ether oxygens (including phenoxy) is 2. The number of esters is 1. The first-order valence-corrected chi connectivity index (χ1v) is 8.02. The number of carbonyl (C=O) groups excluding carboxylic acids is 1. The summed E-state index contributed by atoms with van der Waals surface area (Å²) in [6.07, 6.45) is 2.46. The highest BCUT2D eigenvalue weighted by Crippen LogP contribution is 2.36. The second-order valence-electron chi connectivity index (χ2n) is 5.90. The molecule has 0 aliphatic carbocycles. The first-order chi connectivity index (χ1) is 11.5. The average molecular weight is 334 g/mol. The van der Waals surface area contributed by atoms with Gasteiger partial charge in [-0.1, -0.05) is 13.8 Å². The summed E-state index contributed by atoms with van der Waals surface area (Å²) in [5, 5.41) is 2.97. The molecule has 1 aliphatic rings. The Labute approximate surface area is 139 Å². The van der Waals surface area contributed by atoms with Crippen molar-refractivity contribution in [2.75, 3.05) is 24.7 Å². The standard InChI is InChI=1S/C15H22N6O3/c1-4-10(22)23-6-9-5-8(2)14(24-9)21-7-18-11-12(17-3)19-15(16)20-13(11)21/h7-9,14H,4-6H2,1-3H3,(H3,16,17,19,20). The predicted molar refractivity (Wildman–Crippen MR) is 88.2 cm³/mol. The van der Waals surface area contributed by atoms with Gasteiger partial charge in [-0.25, -0.2) is 4.98 Å². The third kappa shape index (κ3) is 2.99. The molecule has 1 fully saturated rings. The SMILES string of the molecule is CCC(=O)OCC1CC(C)C(n2cnc3c(NC)nc(N)nc32)O1. The molecule has 3 heterocycles. The van der Waals surface area contributed by atoms with E-state index in [0.717, 1.165) is 6.42 Å². The highest BCUT2D eigenvalue weighted by atomic mass is 16.6. The van der Waals surface area contributed by atoms with Crippen LogP contribution in [0.25, 0.3) is 11.2 Å². The zero-order valence-electron chi connectivity index (χ0n) is 14.0. The fourth-order valence-electron chi connectivity index (χ4n) is 2.95. The molecule has 9 nitrogen and oxygen atoms in total. The fourth-order valence-corrected chi connectivity index (χ4v) is 2.95. The second kappa shape index (κ2) is 6.60. The monoisotopic (exact) mass is 334 g/mol. The van der Waals surface area contributed by atoms with Crippen molar-refractivity contribution in [2.24, 2.45) is 5.92 Å². The molecule has 2 aromatic rings. The van der Waals surface area contributed by atoms with Gasteiger partial charge < -0.3 is 20.5 Å². The molecule has 2 aromatic heterocycles. The Kier molecular flexibility index (Phi) is 4.52. The molecular weight excluding hydrogens is 312 g/mol. The Morgan fingerprint density at radius 3 is 3.04 bits per heavy atom. The van der Waals surface area contributed by atoms with Gasteiger partial charge >= 0.3 is 5.97 Å². The molecule has 0 spiro atoms. The topological polar surface area (TPSA) is 117 Å². The van der Waals surface area contributed by atoms with Gasteiger partial charge in [-0.05, 0) is 6.42 Å². The van der Waals surface area contributed by atoms with E-state index in [2.05, 4.69) is 27.2 Å². The van der Waals surface area contributed by atoms with Crippen molar-refractivity contribution in [3.63, 3.8) is 0 Å². The maximum Gasteiger partial charge on any atom is 0.305 e. The van der Waals surface area contributed by atoms with E-state index in [4.69, 9.17) is 15.2 Å². The Morgan fingerprint density at radius 1 is 1.54 bits per heavy atom. The molecule has 0 saturated carbocycles. The van der Waals surface area contributed by atoms with Gasteiger partial charge in [-0.15, -0.1) is 0 Å². The lowest BCUT2D eigenvalue weighted by atomic mass is 10.1. The van der Waals surface area contributed by atoms with Crippen molar-refractivity contribution in [3.8, 4) is 0 Å². The van der Waals surface area contributed by atoms with Gasteiger partial charge in [0, 0.05) is 19.4 Å². The number of hydrogen-bond donors (Lipinski definition) is 2. The number of nitrogens with one attached hydrogen (secondary N) is 1. The van der Waals surface area contributed by atoms with Crippen LogP contribution in [0.15, 0.2) is 6.33 Å². The quantitative estimate of drug-likeness (QED) is 0.786. The molecule has 0 bridgehead atoms. The van der Waals surface area contributed by atoms with E-state index >= 15 is 0 Å². The first-order valence-electron chi connectivity index (χ1n) is 8.02. The number of hydrogen-bond acceptors (Lipinski definition) is 8. The normalized spacial score (nSPS) is 23.5. The number of anilines is 2. The van der Waals surface area contributed by atoms with Crippen molar-refractivity contribution in [1.82, 2.24) is 19.5 Å². The largest absolute Gasteiger partial charge is 0.463 e. The molecule has 3 rings (SSSR count). The molecule has 24 heavy (non-hydrogen) atoms. The summed E-state index contributed by atoms with van der Waals surface area (Å²) >= 11 is 0. The van der Waals surface area contributed by atoms with Crippen molar-refractivity contribution in [1.29, 1.82) is 0 Å². The lowest BCUT2D eigenvalue weighted by molar-refractivity contribution is -0.148. The van der Waals surface area contributed by atoms with Crippen LogP contribution in [0.5, 0.6) is 0 Å². The zero-order valence-corrected chi connectivity index (χ0v) is 14.0. The van der Waals surface area contributed by atoms with Crippen LogP contribution in [0.2, 0.25) is 0 Å². The van der Waals surface area contributed by atoms with Gasteiger partial charge in [0.15, 0.2) is 17.0 Å². The van der Waals surface area contributed by atoms with Gasteiger partial charge in [0.2, 0.25) is 5.95 Å². The van der Waals surface area contributed by atoms with Gasteiger partial charge in [0.05, 0.1) is 12.4 Å². The molecule has 0 radical (unpaired) electrons. The number of carbonyl (C=O) groups is 1. The van der Waals surface area contributed by atoms with E-state index in [1.54, 1.807) is 20.3 Å². The van der Waals surface area contributed by atoms with E-state index < -0.39 is 0 Å². The summed E-state index contributed by atoms with van der Waals surface area (Å²) in [5.74, 6) is 0.756. The molecule has 3 atom stereocenters. The summed E-state index contributed by atoms with van der Waals surface area (Å²) in [5.41, 5.74) is 7.05. The van der Waals surface area contributed by atoms with Gasteiger partial charge in [-0.3, -0.25) is 9.36 Å². The third-order valence-electron chi connectivity index (χ3n) is 4.12. The van der Waals surface area contributed by atoms with Crippen LogP contribution >= 0.6 is 0 Å². The molecule has 0 aromatic carbocycles. The lowest BCUT2D eigenvalue weighted by Gasteiger charge is -2.18. The molecule has 3 unspecified atom stereocenters. The number of fused-ring (bicyclic) bond motifs is 1. The first kappa shape index (κ1) is 16.4. The number of nitrogens with two attached hydrogens (primary N) is 1. The fraction of sp³-hybridized carbons (Fsp3) is 0.600. The molecule has 0 amide bonds. The Hall–Kier alpha value is -2.42. The van der Waals surface area contributed by atoms with Crippen molar-refractivity contribution in [2.45, 2.75) is 39.0 Å². The Bertz CT molecular complexity index is 746. The van der Waals surface area contributed by atoms with Gasteiger partial charge in [0.25, 0.3) is 0 Å². The van der Waals surface area contributed by atoms with Gasteiger partial charge in [0.1, 0.15) is 12.8 Å². The number of imidazole rings is 1. The van der Waals surface area contributed by atoms with E-state index in [9.17, 15) is 4.79 Å². The van der Waals surface area contributed by atoms with Crippen LogP contribution in [-0.4, -0.2) is 45.2 Å². The molecule has 3 N–H and O–H groups in total. The number of nitrogen functional groups attached to an aromatic ring is 1. The Morgan fingerprint density at radius 2 is 2.33 bits per heavy atom. The van der Waals surface area contributed by atoms with Crippen LogP contribution in [-0.2, 0) is 14.3 Å². The lowest BCUT2D eigenvalue weighted by Crippen LogP contribution is -2.19. The highest BCUT2D eigenvalue weighted by Gasteiger charge is 2.35. The van der Waals surface area contributed by atoms with Crippen molar-refractivity contribution >= 4 is 28.9 Å².